The van der Waals surface area contributed by atoms with Gasteiger partial charge in [0.1, 0.15) is 5.75 Å². The lowest BCUT2D eigenvalue weighted by atomic mass is 10.1. The smallest absolute Gasteiger partial charge is 0.261 e. The molecule has 0 unspecified atom stereocenters. The fraction of sp³-hybridized carbons (Fsp3) is 0.0667. The number of rotatable bonds is 5. The van der Waals surface area contributed by atoms with Crippen LogP contribution in [0.3, 0.4) is 0 Å². The van der Waals surface area contributed by atoms with Crippen molar-refractivity contribution in [3.63, 3.8) is 0 Å². The van der Waals surface area contributed by atoms with E-state index < -0.39 is 21.7 Å². The Morgan fingerprint density at radius 2 is 1.70 bits per heavy atom. The molecule has 0 spiro atoms. The van der Waals surface area contributed by atoms with Gasteiger partial charge in [-0.25, -0.2) is 8.42 Å². The van der Waals surface area contributed by atoms with Crippen molar-refractivity contribution in [3.05, 3.63) is 53.6 Å². The molecule has 0 aliphatic rings. The first-order valence-electron chi connectivity index (χ1n) is 6.47. The highest BCUT2D eigenvalue weighted by Crippen LogP contribution is 2.24. The summed E-state index contributed by atoms with van der Waals surface area (Å²) in [5.74, 6) is -1.22. The van der Waals surface area contributed by atoms with Gasteiger partial charge in [0.2, 0.25) is 5.91 Å². The standard InChI is InChI=1S/C15H14N2O5S/c1-9(18)13-8-11(19)4-7-14(13)17-23(21,22)12-5-2-10(3-6-12)15(16)20/h2-8,17,19H,1H3,(H2,16,20). The number of phenols is 1. The first-order chi connectivity index (χ1) is 10.7. The van der Waals surface area contributed by atoms with E-state index in [1.54, 1.807) is 0 Å². The highest BCUT2D eigenvalue weighted by Gasteiger charge is 2.18. The first-order valence-corrected chi connectivity index (χ1v) is 7.95. The van der Waals surface area contributed by atoms with Gasteiger partial charge in [0.15, 0.2) is 5.78 Å². The molecule has 8 heteroatoms. The van der Waals surface area contributed by atoms with Gasteiger partial charge in [-0.2, -0.15) is 0 Å². The zero-order chi connectivity index (χ0) is 17.2. The number of benzene rings is 2. The second-order valence-corrected chi connectivity index (χ2v) is 6.46. The molecule has 0 aromatic heterocycles. The summed E-state index contributed by atoms with van der Waals surface area (Å²) in [6.07, 6.45) is 0. The fourth-order valence-electron chi connectivity index (χ4n) is 1.91. The minimum absolute atomic E-state index is 0.0438. The number of phenolic OH excluding ortho intramolecular Hbond substituents is 1. The largest absolute Gasteiger partial charge is 0.508 e. The van der Waals surface area contributed by atoms with E-state index in [4.69, 9.17) is 5.73 Å². The molecule has 0 aliphatic carbocycles. The molecule has 0 fully saturated rings. The number of sulfonamides is 1. The number of nitrogens with one attached hydrogen (secondary N) is 1. The molecule has 2 aromatic carbocycles. The third-order valence-corrected chi connectivity index (χ3v) is 4.46. The molecule has 0 aliphatic heterocycles. The van der Waals surface area contributed by atoms with Crippen LogP contribution in [0.5, 0.6) is 5.75 Å². The fourth-order valence-corrected chi connectivity index (χ4v) is 2.99. The molecule has 1 amide bonds. The maximum atomic E-state index is 12.3. The van der Waals surface area contributed by atoms with Gasteiger partial charge in [0.25, 0.3) is 10.0 Å². The number of primary amides is 1. The van der Waals surface area contributed by atoms with E-state index in [-0.39, 0.29) is 27.5 Å². The molecule has 2 rings (SSSR count). The Kier molecular flexibility index (Phi) is 4.37. The summed E-state index contributed by atoms with van der Waals surface area (Å²) in [4.78, 5) is 22.5. The second-order valence-electron chi connectivity index (χ2n) is 4.78. The van der Waals surface area contributed by atoms with Gasteiger partial charge in [0, 0.05) is 11.1 Å². The number of hydrogen-bond donors (Lipinski definition) is 3. The average molecular weight is 334 g/mol. The number of ketones is 1. The van der Waals surface area contributed by atoms with Crippen LogP contribution < -0.4 is 10.5 Å². The minimum atomic E-state index is -3.96. The van der Waals surface area contributed by atoms with Gasteiger partial charge in [-0.05, 0) is 49.4 Å². The molecule has 0 bridgehead atoms. The van der Waals surface area contributed by atoms with Crippen LogP contribution in [0.1, 0.15) is 27.6 Å². The predicted octanol–water partition coefficient (Wildman–Crippen LogP) is 1.49. The van der Waals surface area contributed by atoms with Crippen LogP contribution in [-0.4, -0.2) is 25.2 Å². The van der Waals surface area contributed by atoms with Crippen molar-refractivity contribution in [1.82, 2.24) is 0 Å². The van der Waals surface area contributed by atoms with Crippen LogP contribution in [0.2, 0.25) is 0 Å². The number of anilines is 1. The van der Waals surface area contributed by atoms with Gasteiger partial charge in [-0.1, -0.05) is 0 Å². The van der Waals surface area contributed by atoms with Gasteiger partial charge >= 0.3 is 0 Å². The summed E-state index contributed by atoms with van der Waals surface area (Å²) in [5.41, 5.74) is 5.37. The number of amides is 1. The van der Waals surface area contributed by atoms with Crippen molar-refractivity contribution in [2.45, 2.75) is 11.8 Å². The Balaban J connectivity index is 2.39. The van der Waals surface area contributed by atoms with Crippen LogP contribution in [0.25, 0.3) is 0 Å². The molecular formula is C15H14N2O5S. The lowest BCUT2D eigenvalue weighted by molar-refractivity contribution is 0.0996. The Labute approximate surface area is 132 Å². The molecule has 120 valence electrons. The molecule has 0 heterocycles. The molecule has 4 N–H and O–H groups in total. The summed E-state index contributed by atoms with van der Waals surface area (Å²) >= 11 is 0. The maximum absolute atomic E-state index is 12.3. The van der Waals surface area contributed by atoms with E-state index >= 15 is 0 Å². The van der Waals surface area contributed by atoms with Gasteiger partial charge < -0.3 is 10.8 Å². The maximum Gasteiger partial charge on any atom is 0.261 e. The molecule has 0 saturated carbocycles. The Hall–Kier alpha value is -2.87. The predicted molar refractivity (Wildman–Crippen MR) is 83.9 cm³/mol. The summed E-state index contributed by atoms with van der Waals surface area (Å²) in [5, 5.41) is 9.41. The first kappa shape index (κ1) is 16.5. The summed E-state index contributed by atoms with van der Waals surface area (Å²) in [7, 11) is -3.96. The van der Waals surface area contributed by atoms with Crippen LogP contribution in [0.4, 0.5) is 5.69 Å². The zero-order valence-electron chi connectivity index (χ0n) is 12.1. The van der Waals surface area contributed by atoms with Crippen molar-refractivity contribution >= 4 is 27.4 Å². The molecule has 23 heavy (non-hydrogen) atoms. The van der Waals surface area contributed by atoms with Crippen molar-refractivity contribution in [2.24, 2.45) is 5.73 Å². The van der Waals surface area contributed by atoms with Crippen LogP contribution in [-0.2, 0) is 10.0 Å². The van der Waals surface area contributed by atoms with Crippen molar-refractivity contribution in [1.29, 1.82) is 0 Å². The number of hydrogen-bond acceptors (Lipinski definition) is 5. The molecule has 2 aromatic rings. The van der Waals surface area contributed by atoms with E-state index in [0.29, 0.717) is 0 Å². The van der Waals surface area contributed by atoms with E-state index in [1.165, 1.54) is 49.4 Å². The topological polar surface area (TPSA) is 127 Å². The highest BCUT2D eigenvalue weighted by molar-refractivity contribution is 7.92. The van der Waals surface area contributed by atoms with Crippen LogP contribution in [0.15, 0.2) is 47.4 Å². The normalized spacial score (nSPS) is 11.0. The van der Waals surface area contributed by atoms with Crippen molar-refractivity contribution in [3.8, 4) is 5.75 Å². The minimum Gasteiger partial charge on any atom is -0.508 e. The summed E-state index contributed by atoms with van der Waals surface area (Å²) in [6.45, 7) is 1.26. The number of nitrogens with two attached hydrogens (primary N) is 1. The molecule has 0 saturated heterocycles. The van der Waals surface area contributed by atoms with Crippen LogP contribution >= 0.6 is 0 Å². The molecule has 0 radical (unpaired) electrons. The Morgan fingerprint density at radius 3 is 2.22 bits per heavy atom. The van der Waals surface area contributed by atoms with Crippen molar-refractivity contribution in [2.75, 3.05) is 4.72 Å². The Morgan fingerprint density at radius 1 is 1.09 bits per heavy atom. The second kappa shape index (κ2) is 6.09. The number of aromatic hydroxyl groups is 1. The molecule has 7 nitrogen and oxygen atoms in total. The highest BCUT2D eigenvalue weighted by atomic mass is 32.2. The molecular weight excluding hydrogens is 320 g/mol. The van der Waals surface area contributed by atoms with Crippen molar-refractivity contribution < 1.29 is 23.1 Å². The number of carbonyl (C=O) groups excluding carboxylic acids is 2. The Bertz CT molecular complexity index is 873. The number of carbonyl (C=O) groups is 2. The third-order valence-electron chi connectivity index (χ3n) is 3.08. The van der Waals surface area contributed by atoms with E-state index in [1.807, 2.05) is 0 Å². The quantitative estimate of drug-likeness (QED) is 0.564. The van der Waals surface area contributed by atoms with Gasteiger partial charge in [-0.3, -0.25) is 14.3 Å². The lowest BCUT2D eigenvalue weighted by Crippen LogP contribution is -2.16. The number of Topliss-reactive ketones (excluding diaryl/α,β-unsaturated/α-hetero) is 1. The SMILES string of the molecule is CC(=O)c1cc(O)ccc1NS(=O)(=O)c1ccc(C(N)=O)cc1. The molecule has 0 atom stereocenters. The van der Waals surface area contributed by atoms with E-state index in [2.05, 4.69) is 4.72 Å². The monoisotopic (exact) mass is 334 g/mol. The third kappa shape index (κ3) is 3.67. The average Bonchev–Trinajstić information content (AvgIpc) is 2.48. The lowest BCUT2D eigenvalue weighted by Gasteiger charge is -2.11. The van der Waals surface area contributed by atoms with E-state index in [0.717, 1.165) is 0 Å². The van der Waals surface area contributed by atoms with Gasteiger partial charge in [-0.15, -0.1) is 0 Å². The zero-order valence-corrected chi connectivity index (χ0v) is 12.9. The van der Waals surface area contributed by atoms with Gasteiger partial charge in [0.05, 0.1) is 10.6 Å². The summed E-state index contributed by atoms with van der Waals surface area (Å²) in [6, 6.07) is 8.78. The van der Waals surface area contributed by atoms with Crippen LogP contribution in [0, 0.1) is 0 Å². The van der Waals surface area contributed by atoms with E-state index in [9.17, 15) is 23.1 Å². The summed E-state index contributed by atoms with van der Waals surface area (Å²) < 4.78 is 27.0.